The van der Waals surface area contributed by atoms with E-state index in [4.69, 9.17) is 0 Å². The van der Waals surface area contributed by atoms with Gasteiger partial charge < -0.3 is 10.0 Å². The van der Waals surface area contributed by atoms with Gasteiger partial charge in [-0.2, -0.15) is 0 Å². The molecule has 100 valence electrons. The van der Waals surface area contributed by atoms with Gasteiger partial charge in [0.05, 0.1) is 12.1 Å². The monoisotopic (exact) mass is 273 g/mol. The van der Waals surface area contributed by atoms with E-state index in [-0.39, 0.29) is 0 Å². The van der Waals surface area contributed by atoms with Crippen molar-refractivity contribution in [3.63, 3.8) is 0 Å². The first-order valence-corrected chi connectivity index (χ1v) is 7.65. The number of anilines is 1. The lowest BCUT2D eigenvalue weighted by atomic mass is 10.00. The predicted molar refractivity (Wildman–Crippen MR) is 80.9 cm³/mol. The van der Waals surface area contributed by atoms with Crippen LogP contribution in [0, 0.1) is 0 Å². The molecule has 3 heteroatoms. The Balaban J connectivity index is 1.87. The molecule has 1 aromatic carbocycles. The van der Waals surface area contributed by atoms with E-state index >= 15 is 0 Å². The molecule has 0 saturated heterocycles. The third kappa shape index (κ3) is 2.28. The highest BCUT2D eigenvalue weighted by Crippen LogP contribution is 2.36. The fourth-order valence-electron chi connectivity index (χ4n) is 2.81. The highest BCUT2D eigenvalue weighted by atomic mass is 32.1. The van der Waals surface area contributed by atoms with Crippen LogP contribution in [0.1, 0.15) is 42.0 Å². The molecule has 2 atom stereocenters. The van der Waals surface area contributed by atoms with Crippen molar-refractivity contribution in [2.45, 2.75) is 32.4 Å². The number of rotatable bonds is 2. The molecule has 0 spiro atoms. The van der Waals surface area contributed by atoms with Gasteiger partial charge in [0.15, 0.2) is 0 Å². The lowest BCUT2D eigenvalue weighted by Crippen LogP contribution is -2.33. The third-order valence-electron chi connectivity index (χ3n) is 3.98. The minimum atomic E-state index is -0.392. The molecule has 1 N–H and O–H groups in total. The van der Waals surface area contributed by atoms with Crippen molar-refractivity contribution in [1.29, 1.82) is 0 Å². The second-order valence-corrected chi connectivity index (χ2v) is 6.19. The van der Waals surface area contributed by atoms with Gasteiger partial charge in [-0.3, -0.25) is 0 Å². The van der Waals surface area contributed by atoms with E-state index in [0.29, 0.717) is 6.04 Å². The quantitative estimate of drug-likeness (QED) is 0.896. The molecule has 19 heavy (non-hydrogen) atoms. The van der Waals surface area contributed by atoms with Crippen LogP contribution in [0.5, 0.6) is 0 Å². The first-order valence-electron chi connectivity index (χ1n) is 6.78. The maximum absolute atomic E-state index is 9.57. The van der Waals surface area contributed by atoms with E-state index in [1.54, 1.807) is 6.92 Å². The molecular formula is C16H19NOS. The summed E-state index contributed by atoms with van der Waals surface area (Å²) in [6.45, 7) is 5.14. The van der Waals surface area contributed by atoms with E-state index in [1.165, 1.54) is 16.1 Å². The fourth-order valence-corrected chi connectivity index (χ4v) is 3.77. The van der Waals surface area contributed by atoms with E-state index < -0.39 is 6.10 Å². The highest BCUT2D eigenvalue weighted by Gasteiger charge is 2.24. The van der Waals surface area contributed by atoms with Crippen molar-refractivity contribution in [2.75, 3.05) is 11.4 Å². The maximum atomic E-state index is 9.57. The zero-order valence-corrected chi connectivity index (χ0v) is 12.2. The smallest absolute Gasteiger partial charge is 0.0761 e. The number of nitrogens with zero attached hydrogens (tertiary/aromatic N) is 1. The number of fused-ring (bicyclic) bond motifs is 1. The largest absolute Gasteiger partial charge is 0.389 e. The number of thiophene rings is 1. The Labute approximate surface area is 118 Å². The normalized spacial score (nSPS) is 20.2. The van der Waals surface area contributed by atoms with Crippen molar-refractivity contribution in [2.24, 2.45) is 0 Å². The van der Waals surface area contributed by atoms with Crippen molar-refractivity contribution in [3.05, 3.63) is 51.7 Å². The molecule has 1 aromatic heterocycles. The van der Waals surface area contributed by atoms with Crippen LogP contribution in [0.4, 0.5) is 5.69 Å². The van der Waals surface area contributed by atoms with E-state index in [1.807, 2.05) is 23.5 Å². The number of aliphatic hydroxyl groups excluding tert-OH is 1. The summed E-state index contributed by atoms with van der Waals surface area (Å²) in [6.07, 6.45) is 0.742. The number of benzene rings is 1. The maximum Gasteiger partial charge on any atom is 0.0761 e. The van der Waals surface area contributed by atoms with Gasteiger partial charge in [0.1, 0.15) is 0 Å². The van der Waals surface area contributed by atoms with Crippen LogP contribution in [0.3, 0.4) is 0 Å². The van der Waals surface area contributed by atoms with Gasteiger partial charge in [0.25, 0.3) is 0 Å². The number of aliphatic hydroxyl groups is 1. The SMILES string of the molecule is CC(O)c1ccc(N2CCc3sccc3C2C)cc1. The van der Waals surface area contributed by atoms with E-state index in [9.17, 15) is 5.11 Å². The topological polar surface area (TPSA) is 23.5 Å². The Kier molecular flexibility index (Phi) is 3.33. The van der Waals surface area contributed by atoms with Gasteiger partial charge in [-0.25, -0.2) is 0 Å². The summed E-state index contributed by atoms with van der Waals surface area (Å²) in [7, 11) is 0. The highest BCUT2D eigenvalue weighted by molar-refractivity contribution is 7.10. The lowest BCUT2D eigenvalue weighted by molar-refractivity contribution is 0.199. The molecule has 1 aliphatic rings. The Morgan fingerprint density at radius 3 is 2.68 bits per heavy atom. The van der Waals surface area contributed by atoms with Gasteiger partial charge in [-0.05, 0) is 55.0 Å². The zero-order valence-electron chi connectivity index (χ0n) is 11.3. The van der Waals surface area contributed by atoms with E-state index in [2.05, 4.69) is 35.4 Å². The first kappa shape index (κ1) is 12.7. The summed E-state index contributed by atoms with van der Waals surface area (Å²) in [4.78, 5) is 3.98. The molecule has 2 nitrogen and oxygen atoms in total. The van der Waals surface area contributed by atoms with Crippen LogP contribution in [0.25, 0.3) is 0 Å². The van der Waals surface area contributed by atoms with Crippen LogP contribution < -0.4 is 4.90 Å². The molecule has 1 aliphatic heterocycles. The third-order valence-corrected chi connectivity index (χ3v) is 4.98. The number of hydrogen-bond acceptors (Lipinski definition) is 3. The molecule has 2 aromatic rings. The first-order chi connectivity index (χ1) is 9.16. The van der Waals surface area contributed by atoms with E-state index in [0.717, 1.165) is 18.5 Å². The molecule has 2 unspecified atom stereocenters. The minimum absolute atomic E-state index is 0.392. The summed E-state index contributed by atoms with van der Waals surface area (Å²) in [5.41, 5.74) is 3.69. The second kappa shape index (κ2) is 4.99. The molecule has 0 fully saturated rings. The van der Waals surface area contributed by atoms with Crippen LogP contribution >= 0.6 is 11.3 Å². The van der Waals surface area contributed by atoms with Crippen LogP contribution in [-0.4, -0.2) is 11.7 Å². The Morgan fingerprint density at radius 1 is 1.26 bits per heavy atom. The average molecular weight is 273 g/mol. The van der Waals surface area contributed by atoms with Crippen LogP contribution in [0.15, 0.2) is 35.7 Å². The molecule has 2 heterocycles. The minimum Gasteiger partial charge on any atom is -0.389 e. The molecule has 0 saturated carbocycles. The van der Waals surface area contributed by atoms with Crippen LogP contribution in [-0.2, 0) is 6.42 Å². The van der Waals surface area contributed by atoms with Gasteiger partial charge in [0, 0.05) is 17.1 Å². The van der Waals surface area contributed by atoms with Gasteiger partial charge >= 0.3 is 0 Å². The average Bonchev–Trinajstić information content (AvgIpc) is 2.88. The van der Waals surface area contributed by atoms with Gasteiger partial charge in [-0.1, -0.05) is 12.1 Å². The van der Waals surface area contributed by atoms with Crippen molar-refractivity contribution in [1.82, 2.24) is 0 Å². The molecular weight excluding hydrogens is 254 g/mol. The van der Waals surface area contributed by atoms with Crippen molar-refractivity contribution < 1.29 is 5.11 Å². The summed E-state index contributed by atoms with van der Waals surface area (Å²) < 4.78 is 0. The summed E-state index contributed by atoms with van der Waals surface area (Å²) in [5.74, 6) is 0. The predicted octanol–water partition coefficient (Wildman–Crippen LogP) is 3.93. The molecule has 3 rings (SSSR count). The summed E-state index contributed by atoms with van der Waals surface area (Å²) in [5, 5.41) is 11.8. The van der Waals surface area contributed by atoms with Crippen molar-refractivity contribution in [3.8, 4) is 0 Å². The fraction of sp³-hybridized carbons (Fsp3) is 0.375. The van der Waals surface area contributed by atoms with Crippen LogP contribution in [0.2, 0.25) is 0 Å². The second-order valence-electron chi connectivity index (χ2n) is 5.19. The Hall–Kier alpha value is -1.32. The number of hydrogen-bond donors (Lipinski definition) is 1. The van der Waals surface area contributed by atoms with Gasteiger partial charge in [0.2, 0.25) is 0 Å². The van der Waals surface area contributed by atoms with Gasteiger partial charge in [-0.15, -0.1) is 11.3 Å². The molecule has 0 amide bonds. The molecule has 0 aliphatic carbocycles. The summed E-state index contributed by atoms with van der Waals surface area (Å²) in [6, 6.07) is 11.0. The summed E-state index contributed by atoms with van der Waals surface area (Å²) >= 11 is 1.87. The zero-order chi connectivity index (χ0) is 13.4. The van der Waals surface area contributed by atoms with Crippen molar-refractivity contribution >= 4 is 17.0 Å². The molecule has 0 bridgehead atoms. The lowest BCUT2D eigenvalue weighted by Gasteiger charge is -2.35. The molecule has 0 radical (unpaired) electrons. The Morgan fingerprint density at radius 2 is 2.00 bits per heavy atom. The standard InChI is InChI=1S/C16H19NOS/c1-11-15-8-10-19-16(15)7-9-17(11)14-5-3-13(4-6-14)12(2)18/h3-6,8,10-12,18H,7,9H2,1-2H3. The Bertz CT molecular complexity index is 558.